The van der Waals surface area contributed by atoms with E-state index >= 15 is 0 Å². The molecule has 146 valence electrons. The lowest BCUT2D eigenvalue weighted by Gasteiger charge is -2.10. The fourth-order valence-corrected chi connectivity index (χ4v) is 3.58. The molecular formula is C21H24N4O2S. The van der Waals surface area contributed by atoms with Gasteiger partial charge in [-0.25, -0.2) is 4.98 Å². The molecule has 0 bridgehead atoms. The molecule has 2 heterocycles. The highest BCUT2D eigenvalue weighted by molar-refractivity contribution is 7.99. The summed E-state index contributed by atoms with van der Waals surface area (Å²) in [5, 5.41) is 3.42. The molecule has 0 unspecified atom stereocenters. The van der Waals surface area contributed by atoms with Crippen molar-refractivity contribution in [2.75, 3.05) is 11.1 Å². The molecule has 0 fully saturated rings. The molecule has 2 aromatic heterocycles. The van der Waals surface area contributed by atoms with Gasteiger partial charge in [0.05, 0.1) is 5.75 Å². The molecule has 0 spiro atoms. The zero-order valence-corrected chi connectivity index (χ0v) is 17.1. The molecule has 3 rings (SSSR count). The second-order valence-electron chi connectivity index (χ2n) is 6.68. The minimum absolute atomic E-state index is 0.168. The van der Waals surface area contributed by atoms with E-state index in [0.29, 0.717) is 18.2 Å². The van der Waals surface area contributed by atoms with Gasteiger partial charge < -0.3 is 9.88 Å². The summed E-state index contributed by atoms with van der Waals surface area (Å²) in [6.45, 7) is 6.77. The van der Waals surface area contributed by atoms with Crippen molar-refractivity contribution in [1.82, 2.24) is 14.1 Å². The number of aryl methyl sites for hydroxylation is 1. The monoisotopic (exact) mass is 396 g/mol. The number of aromatic nitrogens is 3. The topological polar surface area (TPSA) is 68.9 Å². The Morgan fingerprint density at radius 1 is 1.18 bits per heavy atom. The molecule has 0 saturated carbocycles. The third kappa shape index (κ3) is 4.54. The van der Waals surface area contributed by atoms with Gasteiger partial charge in [-0.1, -0.05) is 37.7 Å². The van der Waals surface area contributed by atoms with Crippen molar-refractivity contribution in [3.63, 3.8) is 0 Å². The number of carbonyl (C=O) groups excluding carboxylic acids is 1. The van der Waals surface area contributed by atoms with Gasteiger partial charge in [0.25, 0.3) is 5.56 Å². The van der Waals surface area contributed by atoms with E-state index in [4.69, 9.17) is 0 Å². The van der Waals surface area contributed by atoms with Gasteiger partial charge in [0.15, 0.2) is 5.16 Å². The Hall–Kier alpha value is -2.80. The van der Waals surface area contributed by atoms with E-state index in [2.05, 4.69) is 48.4 Å². The molecule has 0 atom stereocenters. The Balaban J connectivity index is 1.67. The number of amides is 1. The third-order valence-corrected chi connectivity index (χ3v) is 5.38. The lowest BCUT2D eigenvalue weighted by atomic mass is 10.0. The number of imidazole rings is 1. The summed E-state index contributed by atoms with van der Waals surface area (Å²) < 4.78 is 3.50. The number of hydrogen-bond donors (Lipinski definition) is 1. The minimum Gasteiger partial charge on any atom is -0.321 e. The summed E-state index contributed by atoms with van der Waals surface area (Å²) in [6.07, 6.45) is 5.30. The van der Waals surface area contributed by atoms with E-state index in [1.165, 1.54) is 17.3 Å². The quantitative estimate of drug-likeness (QED) is 0.615. The Labute approximate surface area is 168 Å². The van der Waals surface area contributed by atoms with Gasteiger partial charge in [0, 0.05) is 30.8 Å². The van der Waals surface area contributed by atoms with E-state index < -0.39 is 0 Å². The van der Waals surface area contributed by atoms with E-state index in [1.807, 2.05) is 17.7 Å². The van der Waals surface area contributed by atoms with Gasteiger partial charge in [-0.3, -0.25) is 14.2 Å². The van der Waals surface area contributed by atoms with Crippen molar-refractivity contribution in [2.45, 2.75) is 38.4 Å². The number of nitrogens with zero attached hydrogens (tertiary/aromatic N) is 3. The number of benzene rings is 1. The van der Waals surface area contributed by atoms with Crippen LogP contribution >= 0.6 is 11.8 Å². The van der Waals surface area contributed by atoms with E-state index in [-0.39, 0.29) is 17.2 Å². The summed E-state index contributed by atoms with van der Waals surface area (Å²) in [7, 11) is 0. The maximum absolute atomic E-state index is 12.3. The standard InChI is InChI=1S/C21H24N4O2S/c1-4-24-12-5-6-18(20(24)27)23-19(26)14-28-21-22-11-13-25(21)17-9-7-16(8-10-17)15(2)3/h5-13,15H,4,14H2,1-3H3,(H,23,26). The predicted octanol–water partition coefficient (Wildman–Crippen LogP) is 3.91. The molecule has 0 radical (unpaired) electrons. The van der Waals surface area contributed by atoms with Gasteiger partial charge in [-0.15, -0.1) is 0 Å². The Morgan fingerprint density at radius 3 is 2.61 bits per heavy atom. The van der Waals surface area contributed by atoms with Crippen molar-refractivity contribution in [1.29, 1.82) is 0 Å². The first kappa shape index (κ1) is 19.9. The average molecular weight is 397 g/mol. The molecule has 0 aliphatic carbocycles. The maximum atomic E-state index is 12.3. The zero-order valence-electron chi connectivity index (χ0n) is 16.3. The van der Waals surface area contributed by atoms with Crippen LogP contribution in [0, 0.1) is 0 Å². The van der Waals surface area contributed by atoms with E-state index in [0.717, 1.165) is 10.8 Å². The van der Waals surface area contributed by atoms with Crippen LogP contribution in [0.1, 0.15) is 32.3 Å². The largest absolute Gasteiger partial charge is 0.321 e. The van der Waals surface area contributed by atoms with Crippen LogP contribution in [0.3, 0.4) is 0 Å². The van der Waals surface area contributed by atoms with Gasteiger partial charge in [-0.2, -0.15) is 0 Å². The summed E-state index contributed by atoms with van der Waals surface area (Å²) in [5.74, 6) is 0.409. The molecule has 1 aromatic carbocycles. The van der Waals surface area contributed by atoms with Gasteiger partial charge in [-0.05, 0) is 42.7 Å². The van der Waals surface area contributed by atoms with Gasteiger partial charge in [0.2, 0.25) is 5.91 Å². The van der Waals surface area contributed by atoms with Gasteiger partial charge >= 0.3 is 0 Å². The summed E-state index contributed by atoms with van der Waals surface area (Å²) >= 11 is 1.33. The van der Waals surface area contributed by atoms with E-state index in [9.17, 15) is 9.59 Å². The number of hydrogen-bond acceptors (Lipinski definition) is 4. The number of anilines is 1. The van der Waals surface area contributed by atoms with Crippen LogP contribution in [0.15, 0.2) is 64.9 Å². The van der Waals surface area contributed by atoms with Crippen molar-refractivity contribution >= 4 is 23.4 Å². The predicted molar refractivity (Wildman–Crippen MR) is 113 cm³/mol. The molecule has 3 aromatic rings. The number of pyridine rings is 1. The van der Waals surface area contributed by atoms with Crippen molar-refractivity contribution < 1.29 is 4.79 Å². The molecule has 6 nitrogen and oxygen atoms in total. The van der Waals surface area contributed by atoms with Crippen LogP contribution in [0.25, 0.3) is 5.69 Å². The highest BCUT2D eigenvalue weighted by atomic mass is 32.2. The Kier molecular flexibility index (Phi) is 6.36. The maximum Gasteiger partial charge on any atom is 0.274 e. The fourth-order valence-electron chi connectivity index (χ4n) is 2.81. The number of nitrogens with one attached hydrogen (secondary N) is 1. The molecule has 0 aliphatic rings. The number of thioether (sulfide) groups is 1. The smallest absolute Gasteiger partial charge is 0.274 e. The lowest BCUT2D eigenvalue weighted by molar-refractivity contribution is -0.113. The first-order valence-electron chi connectivity index (χ1n) is 9.25. The first-order valence-corrected chi connectivity index (χ1v) is 10.2. The summed E-state index contributed by atoms with van der Waals surface area (Å²) in [5.41, 5.74) is 2.37. The Morgan fingerprint density at radius 2 is 1.93 bits per heavy atom. The normalized spacial score (nSPS) is 11.0. The number of rotatable bonds is 7. The van der Waals surface area contributed by atoms with Crippen LogP contribution in [-0.4, -0.2) is 25.8 Å². The van der Waals surface area contributed by atoms with E-state index in [1.54, 1.807) is 29.1 Å². The lowest BCUT2D eigenvalue weighted by Crippen LogP contribution is -2.25. The van der Waals surface area contributed by atoms with Crippen molar-refractivity contribution in [3.8, 4) is 5.69 Å². The molecule has 0 saturated heterocycles. The van der Waals surface area contributed by atoms with Crippen LogP contribution in [0.2, 0.25) is 0 Å². The van der Waals surface area contributed by atoms with Crippen molar-refractivity contribution in [3.05, 3.63) is 70.9 Å². The summed E-state index contributed by atoms with van der Waals surface area (Å²) in [6, 6.07) is 11.7. The molecule has 7 heteroatoms. The molecule has 1 amide bonds. The first-order chi connectivity index (χ1) is 13.5. The highest BCUT2D eigenvalue weighted by Crippen LogP contribution is 2.22. The molecule has 1 N–H and O–H groups in total. The van der Waals surface area contributed by atoms with Crippen LogP contribution < -0.4 is 10.9 Å². The van der Waals surface area contributed by atoms with Crippen LogP contribution in [0.5, 0.6) is 0 Å². The zero-order chi connectivity index (χ0) is 20.1. The Bertz CT molecular complexity index is 1010. The minimum atomic E-state index is -0.236. The van der Waals surface area contributed by atoms with Crippen LogP contribution in [-0.2, 0) is 11.3 Å². The molecule has 0 aliphatic heterocycles. The molecular weight excluding hydrogens is 372 g/mol. The molecule has 28 heavy (non-hydrogen) atoms. The highest BCUT2D eigenvalue weighted by Gasteiger charge is 2.11. The van der Waals surface area contributed by atoms with Crippen molar-refractivity contribution in [2.24, 2.45) is 0 Å². The SMILES string of the molecule is CCn1cccc(NC(=O)CSc2nccn2-c2ccc(C(C)C)cc2)c1=O. The fraction of sp³-hybridized carbons (Fsp3) is 0.286. The van der Waals surface area contributed by atoms with Gasteiger partial charge in [0.1, 0.15) is 5.69 Å². The number of carbonyl (C=O) groups is 1. The van der Waals surface area contributed by atoms with Crippen LogP contribution in [0.4, 0.5) is 5.69 Å². The second kappa shape index (κ2) is 8.93. The third-order valence-electron chi connectivity index (χ3n) is 4.41. The average Bonchev–Trinajstić information content (AvgIpc) is 3.16. The second-order valence-corrected chi connectivity index (χ2v) is 7.62. The summed E-state index contributed by atoms with van der Waals surface area (Å²) in [4.78, 5) is 28.9.